The van der Waals surface area contributed by atoms with Crippen molar-refractivity contribution in [3.63, 3.8) is 0 Å². The minimum Gasteiger partial charge on any atom is -0.396 e. The molecule has 0 fully saturated rings. The molecule has 1 rings (SSSR count). The Hall–Kier alpha value is -0.100. The molecular weight excluding hydrogens is 288 g/mol. The lowest BCUT2D eigenvalue weighted by Crippen LogP contribution is -2.32. The zero-order valence-electron chi connectivity index (χ0n) is 9.32. The number of aromatic nitrogens is 1. The third-order valence-corrected chi connectivity index (χ3v) is 3.68. The summed E-state index contributed by atoms with van der Waals surface area (Å²) in [5, 5.41) is 13.3. The van der Waals surface area contributed by atoms with E-state index in [1.807, 2.05) is 12.1 Å². The van der Waals surface area contributed by atoms with Crippen LogP contribution >= 0.6 is 27.7 Å². The second kappa shape index (κ2) is 8.06. The highest BCUT2D eigenvalue weighted by molar-refractivity contribution is 9.10. The Morgan fingerprint density at radius 3 is 2.94 bits per heavy atom. The number of aliphatic hydroxyl groups is 1. The van der Waals surface area contributed by atoms with Crippen LogP contribution in [0.25, 0.3) is 0 Å². The molecule has 1 heterocycles. The summed E-state index contributed by atoms with van der Waals surface area (Å²) in [5.74, 6) is 0.934. The first-order valence-corrected chi connectivity index (χ1v) is 7.12. The van der Waals surface area contributed by atoms with Gasteiger partial charge in [0.15, 0.2) is 0 Å². The van der Waals surface area contributed by atoms with E-state index in [1.165, 1.54) is 0 Å². The van der Waals surface area contributed by atoms with Gasteiger partial charge < -0.3 is 10.4 Å². The average Bonchev–Trinajstić information content (AvgIpc) is 2.29. The van der Waals surface area contributed by atoms with Crippen molar-refractivity contribution in [1.82, 2.24) is 10.3 Å². The summed E-state index contributed by atoms with van der Waals surface area (Å²) >= 11 is 5.07. The molecule has 0 spiro atoms. The van der Waals surface area contributed by atoms with Crippen molar-refractivity contribution in [3.05, 3.63) is 22.8 Å². The minimum absolute atomic E-state index is 0.228. The van der Waals surface area contributed by atoms with Crippen molar-refractivity contribution in [2.75, 3.05) is 18.9 Å². The Kier molecular flexibility index (Phi) is 7.03. The molecule has 16 heavy (non-hydrogen) atoms. The molecule has 0 aromatic carbocycles. The zero-order chi connectivity index (χ0) is 11.8. The van der Waals surface area contributed by atoms with Gasteiger partial charge in [0.25, 0.3) is 0 Å². The van der Waals surface area contributed by atoms with Crippen LogP contribution < -0.4 is 5.32 Å². The van der Waals surface area contributed by atoms with Crippen LogP contribution in [-0.4, -0.2) is 35.0 Å². The van der Waals surface area contributed by atoms with Crippen LogP contribution in [0.5, 0.6) is 0 Å². The predicted octanol–water partition coefficient (Wildman–Crippen LogP) is 2.30. The fraction of sp³-hybridized carbons (Fsp3) is 0.545. The molecule has 3 nitrogen and oxygen atoms in total. The summed E-state index contributed by atoms with van der Waals surface area (Å²) in [6.07, 6.45) is 2.59. The molecule has 2 N–H and O–H groups in total. The van der Waals surface area contributed by atoms with Gasteiger partial charge in [0.1, 0.15) is 0 Å². The van der Waals surface area contributed by atoms with E-state index in [1.54, 1.807) is 18.0 Å². The topological polar surface area (TPSA) is 45.1 Å². The molecule has 1 atom stereocenters. The second-order valence-electron chi connectivity index (χ2n) is 3.39. The molecule has 0 aliphatic heterocycles. The van der Waals surface area contributed by atoms with Gasteiger partial charge in [-0.25, -0.2) is 4.98 Å². The van der Waals surface area contributed by atoms with Gasteiger partial charge in [-0.3, -0.25) is 0 Å². The van der Waals surface area contributed by atoms with Crippen LogP contribution in [0.1, 0.15) is 13.3 Å². The number of hydrogen-bond donors (Lipinski definition) is 2. The molecule has 0 aliphatic carbocycles. The van der Waals surface area contributed by atoms with Crippen molar-refractivity contribution >= 4 is 27.7 Å². The number of nitrogens with zero attached hydrogens (tertiary/aromatic N) is 1. The van der Waals surface area contributed by atoms with Crippen molar-refractivity contribution in [2.45, 2.75) is 24.4 Å². The Labute approximate surface area is 109 Å². The van der Waals surface area contributed by atoms with E-state index in [0.29, 0.717) is 6.04 Å². The molecule has 0 saturated carbocycles. The van der Waals surface area contributed by atoms with E-state index in [9.17, 15) is 0 Å². The van der Waals surface area contributed by atoms with Crippen molar-refractivity contribution < 1.29 is 5.11 Å². The Morgan fingerprint density at radius 2 is 2.38 bits per heavy atom. The van der Waals surface area contributed by atoms with Crippen molar-refractivity contribution in [2.24, 2.45) is 0 Å². The zero-order valence-corrected chi connectivity index (χ0v) is 11.7. The fourth-order valence-corrected chi connectivity index (χ4v) is 2.50. The molecule has 90 valence electrons. The van der Waals surface area contributed by atoms with Gasteiger partial charge in [0.2, 0.25) is 0 Å². The number of halogens is 1. The largest absolute Gasteiger partial charge is 0.396 e. The molecule has 0 bridgehead atoms. The van der Waals surface area contributed by atoms with E-state index < -0.39 is 0 Å². The molecule has 0 aliphatic rings. The first-order valence-electron chi connectivity index (χ1n) is 5.35. The summed E-state index contributed by atoms with van der Waals surface area (Å²) in [7, 11) is 0. The number of pyridine rings is 1. The molecule has 1 aromatic rings. The summed E-state index contributed by atoms with van der Waals surface area (Å²) in [6.45, 7) is 3.23. The summed E-state index contributed by atoms with van der Waals surface area (Å²) in [5.41, 5.74) is 0. The smallest absolute Gasteiger partial charge is 0.0961 e. The van der Waals surface area contributed by atoms with Crippen LogP contribution in [0.3, 0.4) is 0 Å². The quantitative estimate of drug-likeness (QED) is 0.759. The number of nitrogens with one attached hydrogen (secondary N) is 1. The number of aliphatic hydroxyl groups excluding tert-OH is 1. The predicted molar refractivity (Wildman–Crippen MR) is 71.8 cm³/mol. The lowest BCUT2D eigenvalue weighted by Gasteiger charge is -2.15. The van der Waals surface area contributed by atoms with E-state index in [-0.39, 0.29) is 6.61 Å². The molecule has 0 saturated heterocycles. The maximum absolute atomic E-state index is 8.93. The van der Waals surface area contributed by atoms with Gasteiger partial charge in [0.05, 0.1) is 5.03 Å². The maximum Gasteiger partial charge on any atom is 0.0961 e. The summed E-state index contributed by atoms with van der Waals surface area (Å²) in [6, 6.07) is 4.34. The van der Waals surface area contributed by atoms with Crippen molar-refractivity contribution in [3.8, 4) is 0 Å². The van der Waals surface area contributed by atoms with Gasteiger partial charge in [-0.2, -0.15) is 0 Å². The monoisotopic (exact) mass is 304 g/mol. The van der Waals surface area contributed by atoms with Crippen LogP contribution in [0.2, 0.25) is 0 Å². The Bertz CT molecular complexity index is 289. The van der Waals surface area contributed by atoms with Crippen LogP contribution in [0.4, 0.5) is 0 Å². The third kappa shape index (κ3) is 5.30. The number of hydrogen-bond acceptors (Lipinski definition) is 4. The number of rotatable bonds is 7. The fourth-order valence-electron chi connectivity index (χ4n) is 1.32. The van der Waals surface area contributed by atoms with Crippen molar-refractivity contribution in [1.29, 1.82) is 0 Å². The molecule has 1 aromatic heterocycles. The van der Waals surface area contributed by atoms with Crippen LogP contribution in [-0.2, 0) is 0 Å². The summed E-state index contributed by atoms with van der Waals surface area (Å²) in [4.78, 5) is 4.30. The average molecular weight is 305 g/mol. The lowest BCUT2D eigenvalue weighted by atomic mass is 10.2. The highest BCUT2D eigenvalue weighted by Crippen LogP contribution is 2.18. The normalized spacial score (nSPS) is 12.7. The molecule has 1 unspecified atom stereocenters. The van der Waals surface area contributed by atoms with Gasteiger partial charge in [0, 0.05) is 29.1 Å². The second-order valence-corrected chi connectivity index (χ2v) is 5.35. The third-order valence-electron chi connectivity index (χ3n) is 2.10. The molecular formula is C11H17BrN2OS. The van der Waals surface area contributed by atoms with E-state index in [0.717, 1.165) is 28.2 Å². The molecule has 0 amide bonds. The highest BCUT2D eigenvalue weighted by atomic mass is 79.9. The van der Waals surface area contributed by atoms with Gasteiger partial charge in [-0.15, -0.1) is 11.8 Å². The van der Waals surface area contributed by atoms with Gasteiger partial charge >= 0.3 is 0 Å². The van der Waals surface area contributed by atoms with Gasteiger partial charge in [-0.05, 0) is 41.0 Å². The molecule has 0 radical (unpaired) electrons. The standard InChI is InChI=1S/C11H17BrN2OS/c1-2-13-10(5-6-15)8-16-11-4-3-9(12)7-14-11/h3-4,7,10,13,15H,2,5-6,8H2,1H3. The molecule has 5 heteroatoms. The Morgan fingerprint density at radius 1 is 1.56 bits per heavy atom. The van der Waals surface area contributed by atoms with Crippen LogP contribution in [0, 0.1) is 0 Å². The number of thioether (sulfide) groups is 1. The van der Waals surface area contributed by atoms with E-state index >= 15 is 0 Å². The van der Waals surface area contributed by atoms with E-state index in [2.05, 4.69) is 33.2 Å². The SMILES string of the molecule is CCNC(CCO)CSc1ccc(Br)cn1. The maximum atomic E-state index is 8.93. The van der Waals surface area contributed by atoms with E-state index in [4.69, 9.17) is 5.11 Å². The first kappa shape index (κ1) is 14.0. The van der Waals surface area contributed by atoms with Gasteiger partial charge in [-0.1, -0.05) is 6.92 Å². The van der Waals surface area contributed by atoms with Crippen LogP contribution in [0.15, 0.2) is 27.8 Å². The highest BCUT2D eigenvalue weighted by Gasteiger charge is 2.07. The lowest BCUT2D eigenvalue weighted by molar-refractivity contribution is 0.271. The Balaban J connectivity index is 2.38. The first-order chi connectivity index (χ1) is 7.76. The summed E-state index contributed by atoms with van der Waals surface area (Å²) < 4.78 is 0.996. The minimum atomic E-state index is 0.228.